The van der Waals surface area contributed by atoms with Gasteiger partial charge in [-0.3, -0.25) is 0 Å². The van der Waals surface area contributed by atoms with Crippen molar-refractivity contribution in [3.05, 3.63) is 22.7 Å². The molecule has 21 heavy (non-hydrogen) atoms. The summed E-state index contributed by atoms with van der Waals surface area (Å²) in [5, 5.41) is 14.6. The van der Waals surface area contributed by atoms with Crippen molar-refractivity contribution in [2.24, 2.45) is 0 Å². The fourth-order valence-corrected chi connectivity index (χ4v) is 2.98. The molecule has 0 atom stereocenters. The number of aliphatic carboxylic acids is 1. The fraction of sp³-hybridized carbons (Fsp3) is 0.429. The Morgan fingerprint density at radius 3 is 2.52 bits per heavy atom. The predicted molar refractivity (Wildman–Crippen MR) is 81.7 cm³/mol. The highest BCUT2D eigenvalue weighted by Gasteiger charge is 2.42. The van der Waals surface area contributed by atoms with Crippen LogP contribution in [0.1, 0.15) is 25.7 Å². The number of carboxylic acids is 1. The molecule has 0 aliphatic heterocycles. The largest absolute Gasteiger partial charge is 0.497 e. The molecular weight excluding hydrogens is 340 g/mol. The molecule has 2 amide bonds. The molecule has 6 nitrogen and oxygen atoms in total. The number of carboxylic acid groups (broad SMARTS) is 1. The number of carbonyl (C=O) groups is 2. The van der Waals surface area contributed by atoms with Gasteiger partial charge >= 0.3 is 12.0 Å². The maximum atomic E-state index is 12.0. The first-order valence-electron chi connectivity index (χ1n) is 6.62. The van der Waals surface area contributed by atoms with E-state index >= 15 is 0 Å². The lowest BCUT2D eigenvalue weighted by molar-refractivity contribution is -0.144. The second kappa shape index (κ2) is 6.34. The first-order chi connectivity index (χ1) is 9.95. The van der Waals surface area contributed by atoms with E-state index in [2.05, 4.69) is 26.6 Å². The molecule has 1 fully saturated rings. The van der Waals surface area contributed by atoms with Crippen molar-refractivity contribution < 1.29 is 19.4 Å². The molecule has 7 heteroatoms. The van der Waals surface area contributed by atoms with E-state index in [1.54, 1.807) is 18.2 Å². The van der Waals surface area contributed by atoms with E-state index in [1.165, 1.54) is 7.11 Å². The number of nitrogens with one attached hydrogen (secondary N) is 2. The van der Waals surface area contributed by atoms with Crippen LogP contribution >= 0.6 is 15.9 Å². The molecule has 1 aliphatic carbocycles. The van der Waals surface area contributed by atoms with Crippen LogP contribution in [0.4, 0.5) is 10.5 Å². The van der Waals surface area contributed by atoms with Gasteiger partial charge in [-0.2, -0.15) is 0 Å². The van der Waals surface area contributed by atoms with Gasteiger partial charge in [0.1, 0.15) is 11.3 Å². The highest BCUT2D eigenvalue weighted by Crippen LogP contribution is 2.30. The maximum absolute atomic E-state index is 12.0. The Morgan fingerprint density at radius 2 is 1.95 bits per heavy atom. The van der Waals surface area contributed by atoms with Crippen molar-refractivity contribution in [2.45, 2.75) is 31.2 Å². The summed E-state index contributed by atoms with van der Waals surface area (Å²) in [5.74, 6) is -0.393. The minimum atomic E-state index is -1.15. The third kappa shape index (κ3) is 3.66. The first-order valence-corrected chi connectivity index (χ1v) is 7.42. The summed E-state index contributed by atoms with van der Waals surface area (Å²) in [6.07, 6.45) is 2.52. The molecule has 1 aliphatic rings. The van der Waals surface area contributed by atoms with Crippen LogP contribution in [-0.4, -0.2) is 29.8 Å². The summed E-state index contributed by atoms with van der Waals surface area (Å²) in [5.41, 5.74) is -0.627. The SMILES string of the molecule is COc1cc(Br)cc(NC(=O)NC2(C(=O)O)CCCC2)c1. The van der Waals surface area contributed by atoms with E-state index in [9.17, 15) is 14.7 Å². The van der Waals surface area contributed by atoms with Crippen molar-refractivity contribution in [1.29, 1.82) is 0 Å². The van der Waals surface area contributed by atoms with E-state index in [0.29, 0.717) is 24.3 Å². The van der Waals surface area contributed by atoms with E-state index in [-0.39, 0.29) is 0 Å². The van der Waals surface area contributed by atoms with Gasteiger partial charge in [-0.25, -0.2) is 9.59 Å². The van der Waals surface area contributed by atoms with E-state index in [1.807, 2.05) is 0 Å². The van der Waals surface area contributed by atoms with Crippen molar-refractivity contribution in [3.8, 4) is 5.75 Å². The Morgan fingerprint density at radius 1 is 1.29 bits per heavy atom. The number of amides is 2. The van der Waals surface area contributed by atoms with Gasteiger partial charge in [0.2, 0.25) is 0 Å². The standard InChI is InChI=1S/C14H17BrN2O4/c1-21-11-7-9(15)6-10(8-11)16-13(20)17-14(12(18)19)4-2-3-5-14/h6-8H,2-5H2,1H3,(H,18,19)(H2,16,17,20). The monoisotopic (exact) mass is 356 g/mol. The van der Waals surface area contributed by atoms with E-state index in [0.717, 1.165) is 17.3 Å². The van der Waals surface area contributed by atoms with Crippen molar-refractivity contribution in [1.82, 2.24) is 5.32 Å². The Hall–Kier alpha value is -1.76. The van der Waals surface area contributed by atoms with Crippen LogP contribution in [0.5, 0.6) is 5.75 Å². The second-order valence-corrected chi connectivity index (χ2v) is 5.97. The number of ether oxygens (including phenoxy) is 1. The zero-order valence-electron chi connectivity index (χ0n) is 11.6. The molecule has 0 spiro atoms. The van der Waals surface area contributed by atoms with Crippen LogP contribution in [0.2, 0.25) is 0 Å². The number of benzene rings is 1. The quantitative estimate of drug-likeness (QED) is 0.773. The average molecular weight is 357 g/mol. The molecule has 0 bridgehead atoms. The molecule has 0 radical (unpaired) electrons. The lowest BCUT2D eigenvalue weighted by Crippen LogP contribution is -2.53. The minimum absolute atomic E-state index is 0.456. The van der Waals surface area contributed by atoms with Crippen LogP contribution in [0.3, 0.4) is 0 Å². The summed E-state index contributed by atoms with van der Waals surface area (Å²) in [6.45, 7) is 0. The maximum Gasteiger partial charge on any atom is 0.329 e. The zero-order valence-corrected chi connectivity index (χ0v) is 13.2. The van der Waals surface area contributed by atoms with Crippen LogP contribution in [0.25, 0.3) is 0 Å². The molecular formula is C14H17BrN2O4. The van der Waals surface area contributed by atoms with Crippen LogP contribution < -0.4 is 15.4 Å². The van der Waals surface area contributed by atoms with Gasteiger partial charge < -0.3 is 20.5 Å². The number of anilines is 1. The molecule has 0 heterocycles. The minimum Gasteiger partial charge on any atom is -0.497 e. The molecule has 3 N–H and O–H groups in total. The summed E-state index contributed by atoms with van der Waals surface area (Å²) in [4.78, 5) is 23.4. The summed E-state index contributed by atoms with van der Waals surface area (Å²) < 4.78 is 5.87. The van der Waals surface area contributed by atoms with Crippen LogP contribution in [0.15, 0.2) is 22.7 Å². The number of rotatable bonds is 4. The molecule has 114 valence electrons. The number of hydrogen-bond acceptors (Lipinski definition) is 3. The molecule has 1 aromatic carbocycles. The van der Waals surface area contributed by atoms with Gasteiger partial charge in [-0.15, -0.1) is 0 Å². The lowest BCUT2D eigenvalue weighted by Gasteiger charge is -2.25. The van der Waals surface area contributed by atoms with Gasteiger partial charge in [-0.1, -0.05) is 28.8 Å². The average Bonchev–Trinajstić information content (AvgIpc) is 2.87. The smallest absolute Gasteiger partial charge is 0.329 e. The molecule has 0 saturated heterocycles. The molecule has 0 unspecified atom stereocenters. The van der Waals surface area contributed by atoms with Gasteiger partial charge in [0, 0.05) is 16.2 Å². The number of urea groups is 1. The molecule has 0 aromatic heterocycles. The summed E-state index contributed by atoms with van der Waals surface area (Å²) in [7, 11) is 1.53. The van der Waals surface area contributed by atoms with Gasteiger partial charge in [0.25, 0.3) is 0 Å². The Kier molecular flexibility index (Phi) is 4.72. The second-order valence-electron chi connectivity index (χ2n) is 5.05. The lowest BCUT2D eigenvalue weighted by atomic mass is 9.98. The number of carbonyl (C=O) groups excluding carboxylic acids is 1. The van der Waals surface area contributed by atoms with Gasteiger partial charge in [-0.05, 0) is 25.0 Å². The number of hydrogen-bond donors (Lipinski definition) is 3. The normalized spacial score (nSPS) is 16.3. The first kappa shape index (κ1) is 15.6. The molecule has 1 aromatic rings. The fourth-order valence-electron chi connectivity index (χ4n) is 2.50. The topological polar surface area (TPSA) is 87.7 Å². The van der Waals surface area contributed by atoms with E-state index in [4.69, 9.17) is 4.74 Å². The van der Waals surface area contributed by atoms with Crippen molar-refractivity contribution in [3.63, 3.8) is 0 Å². The van der Waals surface area contributed by atoms with Crippen LogP contribution in [-0.2, 0) is 4.79 Å². The number of methoxy groups -OCH3 is 1. The third-order valence-electron chi connectivity index (χ3n) is 3.58. The summed E-state index contributed by atoms with van der Waals surface area (Å²) >= 11 is 3.32. The highest BCUT2D eigenvalue weighted by atomic mass is 79.9. The summed E-state index contributed by atoms with van der Waals surface area (Å²) in [6, 6.07) is 4.61. The highest BCUT2D eigenvalue weighted by molar-refractivity contribution is 9.10. The molecule has 2 rings (SSSR count). The third-order valence-corrected chi connectivity index (χ3v) is 4.04. The van der Waals surface area contributed by atoms with Gasteiger partial charge in [0.05, 0.1) is 7.11 Å². The Balaban J connectivity index is 2.08. The Labute approximate surface area is 131 Å². The van der Waals surface area contributed by atoms with Crippen LogP contribution in [0, 0.1) is 0 Å². The van der Waals surface area contributed by atoms with Crippen molar-refractivity contribution >= 4 is 33.6 Å². The van der Waals surface area contributed by atoms with Crippen molar-refractivity contribution in [2.75, 3.05) is 12.4 Å². The predicted octanol–water partition coefficient (Wildman–Crippen LogP) is 2.98. The van der Waals surface area contributed by atoms with Gasteiger partial charge in [0.15, 0.2) is 0 Å². The van der Waals surface area contributed by atoms with E-state index < -0.39 is 17.5 Å². The Bertz CT molecular complexity index is 556. The zero-order chi connectivity index (χ0) is 15.5. The number of halogens is 1. The molecule has 1 saturated carbocycles.